The van der Waals surface area contributed by atoms with Crippen LogP contribution < -0.4 is 0 Å². The van der Waals surface area contributed by atoms with Gasteiger partial charge in [-0.1, -0.05) is 24.2 Å². The number of nitrogens with zero attached hydrogens (tertiary/aromatic N) is 3. The Hall–Kier alpha value is -1.75. The molecule has 1 aromatic carbocycles. The lowest BCUT2D eigenvalue weighted by molar-refractivity contribution is 0.227. The van der Waals surface area contributed by atoms with Crippen LogP contribution in [0.25, 0.3) is 0 Å². The molecule has 0 atom stereocenters. The molecule has 4 nitrogen and oxygen atoms in total. The molecule has 0 radical (unpaired) electrons. The van der Waals surface area contributed by atoms with Crippen LogP contribution in [0.1, 0.15) is 37.0 Å². The molecule has 5 heteroatoms. The molecule has 1 fully saturated rings. The predicted octanol–water partition coefficient (Wildman–Crippen LogP) is 2.78. The molecule has 1 aromatic heterocycles. The van der Waals surface area contributed by atoms with Gasteiger partial charge in [0, 0.05) is 12.5 Å². The maximum atomic E-state index is 13.1. The molecular formula is C15H18FN3O. The minimum Gasteiger partial charge on any atom is -0.338 e. The van der Waals surface area contributed by atoms with Crippen LogP contribution in [0.15, 0.2) is 28.8 Å². The molecule has 20 heavy (non-hydrogen) atoms. The minimum absolute atomic E-state index is 0.239. The van der Waals surface area contributed by atoms with E-state index in [9.17, 15) is 4.39 Å². The van der Waals surface area contributed by atoms with E-state index >= 15 is 0 Å². The van der Waals surface area contributed by atoms with Gasteiger partial charge in [-0.3, -0.25) is 4.90 Å². The summed E-state index contributed by atoms with van der Waals surface area (Å²) < 4.78 is 18.4. The van der Waals surface area contributed by atoms with Crippen molar-refractivity contribution < 1.29 is 8.91 Å². The fourth-order valence-electron chi connectivity index (χ4n) is 2.37. The van der Waals surface area contributed by atoms with E-state index in [1.807, 2.05) is 6.07 Å². The van der Waals surface area contributed by atoms with Crippen LogP contribution in [0.3, 0.4) is 0 Å². The van der Waals surface area contributed by atoms with Crippen LogP contribution in [0.2, 0.25) is 0 Å². The average molecular weight is 275 g/mol. The first-order valence-corrected chi connectivity index (χ1v) is 7.04. The van der Waals surface area contributed by atoms with Gasteiger partial charge in [0.25, 0.3) is 0 Å². The predicted molar refractivity (Wildman–Crippen MR) is 72.6 cm³/mol. The Morgan fingerprint density at radius 2 is 2.25 bits per heavy atom. The van der Waals surface area contributed by atoms with E-state index in [0.717, 1.165) is 12.1 Å². The van der Waals surface area contributed by atoms with Gasteiger partial charge in [0.05, 0.1) is 6.54 Å². The topological polar surface area (TPSA) is 42.2 Å². The fourth-order valence-corrected chi connectivity index (χ4v) is 2.37. The molecule has 2 aromatic rings. The van der Waals surface area contributed by atoms with Crippen LogP contribution in [0, 0.1) is 5.82 Å². The zero-order valence-electron chi connectivity index (χ0n) is 11.6. The summed E-state index contributed by atoms with van der Waals surface area (Å²) in [4.78, 5) is 6.74. The summed E-state index contributed by atoms with van der Waals surface area (Å²) >= 11 is 0. The standard InChI is InChI=1S/C15H18FN3O/c1-2-19(13-6-7-13)10-15-17-14(18-20-15)9-11-4-3-5-12(16)8-11/h3-5,8,13H,2,6-7,9-10H2,1H3. The van der Waals surface area contributed by atoms with Crippen molar-refractivity contribution in [1.29, 1.82) is 0 Å². The van der Waals surface area contributed by atoms with Crippen molar-refractivity contribution in [3.63, 3.8) is 0 Å². The van der Waals surface area contributed by atoms with Crippen molar-refractivity contribution in [1.82, 2.24) is 15.0 Å². The van der Waals surface area contributed by atoms with Gasteiger partial charge in [-0.15, -0.1) is 0 Å². The smallest absolute Gasteiger partial charge is 0.240 e. The lowest BCUT2D eigenvalue weighted by Crippen LogP contribution is -2.25. The van der Waals surface area contributed by atoms with Gasteiger partial charge in [-0.05, 0) is 37.1 Å². The Kier molecular flexibility index (Phi) is 3.78. The zero-order chi connectivity index (χ0) is 13.9. The second-order valence-electron chi connectivity index (χ2n) is 5.21. The highest BCUT2D eigenvalue weighted by Crippen LogP contribution is 2.27. The van der Waals surface area contributed by atoms with Gasteiger partial charge in [0.2, 0.25) is 5.89 Å². The first-order chi connectivity index (χ1) is 9.74. The molecule has 1 heterocycles. The highest BCUT2D eigenvalue weighted by atomic mass is 19.1. The first-order valence-electron chi connectivity index (χ1n) is 7.04. The Morgan fingerprint density at radius 1 is 1.40 bits per heavy atom. The van der Waals surface area contributed by atoms with Crippen molar-refractivity contribution >= 4 is 0 Å². The summed E-state index contributed by atoms with van der Waals surface area (Å²) in [5.41, 5.74) is 0.854. The summed E-state index contributed by atoms with van der Waals surface area (Å²) in [6.07, 6.45) is 3.02. The Bertz CT molecular complexity index is 580. The first kappa shape index (κ1) is 13.2. The molecule has 1 aliphatic rings. The highest BCUT2D eigenvalue weighted by Gasteiger charge is 2.28. The van der Waals surface area contributed by atoms with E-state index in [1.165, 1.54) is 25.0 Å². The molecule has 0 aliphatic heterocycles. The molecule has 106 valence electrons. The lowest BCUT2D eigenvalue weighted by atomic mass is 10.1. The summed E-state index contributed by atoms with van der Waals surface area (Å²) in [7, 11) is 0. The monoisotopic (exact) mass is 275 g/mol. The largest absolute Gasteiger partial charge is 0.338 e. The maximum absolute atomic E-state index is 13.1. The molecule has 0 unspecified atom stereocenters. The molecule has 0 amide bonds. The number of rotatable bonds is 6. The van der Waals surface area contributed by atoms with Crippen LogP contribution in [-0.4, -0.2) is 27.6 Å². The molecule has 0 N–H and O–H groups in total. The number of hydrogen-bond acceptors (Lipinski definition) is 4. The van der Waals surface area contributed by atoms with Crippen molar-refractivity contribution in [3.05, 3.63) is 47.4 Å². The lowest BCUT2D eigenvalue weighted by Gasteiger charge is -2.16. The van der Waals surface area contributed by atoms with Crippen molar-refractivity contribution in [3.8, 4) is 0 Å². The average Bonchev–Trinajstić information content (AvgIpc) is 3.18. The molecule has 1 saturated carbocycles. The van der Waals surface area contributed by atoms with E-state index in [2.05, 4.69) is 22.0 Å². The van der Waals surface area contributed by atoms with E-state index in [-0.39, 0.29) is 5.82 Å². The molecular weight excluding hydrogens is 257 g/mol. The summed E-state index contributed by atoms with van der Waals surface area (Å²) in [5.74, 6) is 1.01. The Labute approximate surface area is 117 Å². The van der Waals surface area contributed by atoms with Gasteiger partial charge in [-0.25, -0.2) is 4.39 Å². The van der Waals surface area contributed by atoms with Crippen LogP contribution in [-0.2, 0) is 13.0 Å². The van der Waals surface area contributed by atoms with E-state index < -0.39 is 0 Å². The van der Waals surface area contributed by atoms with Gasteiger partial charge in [0.1, 0.15) is 5.82 Å². The van der Waals surface area contributed by atoms with Gasteiger partial charge in [-0.2, -0.15) is 4.98 Å². The van der Waals surface area contributed by atoms with Crippen LogP contribution in [0.4, 0.5) is 4.39 Å². The molecule has 0 saturated heterocycles. The van der Waals surface area contributed by atoms with E-state index in [1.54, 1.807) is 6.07 Å². The minimum atomic E-state index is -0.239. The second kappa shape index (κ2) is 5.71. The SMILES string of the molecule is CCN(Cc1nc(Cc2cccc(F)c2)no1)C1CC1. The molecule has 0 spiro atoms. The van der Waals surface area contributed by atoms with Crippen molar-refractivity contribution in [2.75, 3.05) is 6.54 Å². The normalized spacial score (nSPS) is 14.9. The fraction of sp³-hybridized carbons (Fsp3) is 0.467. The highest BCUT2D eigenvalue weighted by molar-refractivity contribution is 5.19. The Morgan fingerprint density at radius 3 is 2.95 bits per heavy atom. The second-order valence-corrected chi connectivity index (χ2v) is 5.21. The van der Waals surface area contributed by atoms with Gasteiger partial charge in [0.15, 0.2) is 5.82 Å². The molecule has 3 rings (SSSR count). The van der Waals surface area contributed by atoms with E-state index in [0.29, 0.717) is 30.7 Å². The number of benzene rings is 1. The van der Waals surface area contributed by atoms with Crippen molar-refractivity contribution in [2.45, 2.75) is 38.8 Å². The van der Waals surface area contributed by atoms with Crippen LogP contribution >= 0.6 is 0 Å². The summed E-state index contributed by atoms with van der Waals surface area (Å²) in [5, 5.41) is 3.97. The summed E-state index contributed by atoms with van der Waals surface area (Å²) in [6.45, 7) is 3.84. The quantitative estimate of drug-likeness (QED) is 0.813. The Balaban J connectivity index is 1.64. The zero-order valence-corrected chi connectivity index (χ0v) is 11.6. The number of halogens is 1. The van der Waals surface area contributed by atoms with Crippen molar-refractivity contribution in [2.24, 2.45) is 0 Å². The van der Waals surface area contributed by atoms with Gasteiger partial charge < -0.3 is 4.52 Å². The third kappa shape index (κ3) is 3.22. The molecule has 0 bridgehead atoms. The van der Waals surface area contributed by atoms with Gasteiger partial charge >= 0.3 is 0 Å². The summed E-state index contributed by atoms with van der Waals surface area (Å²) in [6, 6.07) is 7.16. The van der Waals surface area contributed by atoms with Crippen LogP contribution in [0.5, 0.6) is 0 Å². The molecule has 1 aliphatic carbocycles. The van der Waals surface area contributed by atoms with E-state index in [4.69, 9.17) is 4.52 Å². The third-order valence-electron chi connectivity index (χ3n) is 3.57. The number of aromatic nitrogens is 2. The maximum Gasteiger partial charge on any atom is 0.240 e. The number of hydrogen-bond donors (Lipinski definition) is 0. The third-order valence-corrected chi connectivity index (χ3v) is 3.57.